The summed E-state index contributed by atoms with van der Waals surface area (Å²) < 4.78 is 4.54. The van der Waals surface area contributed by atoms with Gasteiger partial charge in [-0.1, -0.05) is 0 Å². The quantitative estimate of drug-likeness (QED) is 0.478. The molecule has 7 heavy (non-hydrogen) atoms. The average Bonchev–Trinajstić information content (AvgIpc) is 1.69. The molecule has 41 valence electrons. The SMILES string of the molecule is C=[C][SnH2][CH2]CCC. The summed E-state index contributed by atoms with van der Waals surface area (Å²) in [7, 11) is 0. The maximum atomic E-state index is 3.60. The Bertz CT molecular complexity index is 41.4. The molecule has 0 saturated carbocycles. The molecule has 0 aliphatic heterocycles. The van der Waals surface area contributed by atoms with Gasteiger partial charge in [-0.3, -0.25) is 0 Å². The van der Waals surface area contributed by atoms with Crippen LogP contribution in [0.4, 0.5) is 0 Å². The first kappa shape index (κ1) is 7.54. The summed E-state index contributed by atoms with van der Waals surface area (Å²) in [6.07, 6.45) is 2.76. The minimum atomic E-state index is -0.469. The molecular formula is C6H13Sn. The molecule has 0 nitrogen and oxygen atoms in total. The van der Waals surface area contributed by atoms with Crippen LogP contribution in [0.2, 0.25) is 4.44 Å². The number of unbranched alkanes of at least 4 members (excludes halogenated alkanes) is 1. The van der Waals surface area contributed by atoms with Crippen LogP contribution in [0, 0.1) is 4.09 Å². The van der Waals surface area contributed by atoms with E-state index in [9.17, 15) is 0 Å². The number of hydrogen-bond acceptors (Lipinski definition) is 0. The van der Waals surface area contributed by atoms with Gasteiger partial charge in [0.2, 0.25) is 0 Å². The summed E-state index contributed by atoms with van der Waals surface area (Å²) in [6, 6.07) is 0. The van der Waals surface area contributed by atoms with Gasteiger partial charge in [-0.2, -0.15) is 0 Å². The van der Waals surface area contributed by atoms with Gasteiger partial charge in [0.15, 0.2) is 0 Å². The van der Waals surface area contributed by atoms with Crippen LogP contribution in [0.1, 0.15) is 19.8 Å². The first-order chi connectivity index (χ1) is 3.41. The standard InChI is InChI=1S/C4H9.C2H2.Sn.2H/c1-3-4-2;1-2;;;/h1,3-4H2,2H3;1H2;;;. The number of hydrogen-bond donors (Lipinski definition) is 0. The summed E-state index contributed by atoms with van der Waals surface area (Å²) in [5.41, 5.74) is 0. The summed E-state index contributed by atoms with van der Waals surface area (Å²) in [5, 5.41) is 0. The molecule has 0 unspecified atom stereocenters. The van der Waals surface area contributed by atoms with Crippen molar-refractivity contribution in [1.82, 2.24) is 0 Å². The summed E-state index contributed by atoms with van der Waals surface area (Å²) in [4.78, 5) is 0. The topological polar surface area (TPSA) is 0 Å². The Morgan fingerprint density at radius 3 is 2.86 bits per heavy atom. The van der Waals surface area contributed by atoms with Gasteiger partial charge in [0.1, 0.15) is 0 Å². The molecule has 1 heteroatoms. The van der Waals surface area contributed by atoms with E-state index in [2.05, 4.69) is 17.6 Å². The second-order valence-corrected chi connectivity index (χ2v) is 6.58. The van der Waals surface area contributed by atoms with Crippen molar-refractivity contribution in [2.75, 3.05) is 0 Å². The third-order valence-corrected chi connectivity index (χ3v) is 4.40. The molecule has 0 amide bonds. The van der Waals surface area contributed by atoms with Crippen LogP contribution in [0.25, 0.3) is 0 Å². The van der Waals surface area contributed by atoms with Crippen molar-refractivity contribution in [3.63, 3.8) is 0 Å². The normalized spacial score (nSPS) is 10.4. The molecule has 1 radical (unpaired) electrons. The molecule has 0 aliphatic carbocycles. The molecule has 0 atom stereocenters. The summed E-state index contributed by atoms with van der Waals surface area (Å²) >= 11 is -0.469. The fourth-order valence-corrected chi connectivity index (χ4v) is 3.35. The van der Waals surface area contributed by atoms with Gasteiger partial charge in [0.05, 0.1) is 0 Å². The van der Waals surface area contributed by atoms with E-state index in [1.807, 2.05) is 0 Å². The molecule has 0 aromatic heterocycles. The fraction of sp³-hybridized carbons (Fsp3) is 0.667. The number of rotatable bonds is 4. The van der Waals surface area contributed by atoms with Crippen molar-refractivity contribution in [3.05, 3.63) is 10.7 Å². The van der Waals surface area contributed by atoms with Crippen LogP contribution in [-0.4, -0.2) is 21.1 Å². The molecule has 0 saturated heterocycles. The van der Waals surface area contributed by atoms with Gasteiger partial charge in [0.25, 0.3) is 0 Å². The Hall–Kier alpha value is 0.539. The van der Waals surface area contributed by atoms with E-state index < -0.39 is 21.1 Å². The summed E-state index contributed by atoms with van der Waals surface area (Å²) in [5.74, 6) is 0. The second-order valence-electron chi connectivity index (χ2n) is 1.71. The van der Waals surface area contributed by atoms with Crippen LogP contribution < -0.4 is 0 Å². The Morgan fingerprint density at radius 1 is 1.71 bits per heavy atom. The van der Waals surface area contributed by atoms with E-state index in [0.29, 0.717) is 0 Å². The van der Waals surface area contributed by atoms with E-state index in [1.54, 1.807) is 0 Å². The molecular weight excluding hydrogens is 191 g/mol. The Labute approximate surface area is 56.2 Å². The van der Waals surface area contributed by atoms with Gasteiger partial charge in [-0.15, -0.1) is 0 Å². The van der Waals surface area contributed by atoms with Gasteiger partial charge >= 0.3 is 56.0 Å². The Balaban J connectivity index is 2.56. The van der Waals surface area contributed by atoms with Gasteiger partial charge in [-0.05, 0) is 0 Å². The van der Waals surface area contributed by atoms with Crippen LogP contribution in [-0.2, 0) is 0 Å². The molecule has 0 rings (SSSR count). The van der Waals surface area contributed by atoms with Crippen molar-refractivity contribution in [2.24, 2.45) is 0 Å². The van der Waals surface area contributed by atoms with E-state index in [4.69, 9.17) is 0 Å². The molecule has 0 aliphatic rings. The van der Waals surface area contributed by atoms with Crippen molar-refractivity contribution < 1.29 is 0 Å². The molecule has 0 spiro atoms. The third kappa shape index (κ3) is 6.54. The first-order valence-electron chi connectivity index (χ1n) is 2.91. The van der Waals surface area contributed by atoms with Crippen molar-refractivity contribution in [1.29, 1.82) is 0 Å². The molecule has 0 bridgehead atoms. The molecule has 0 fully saturated rings. The zero-order valence-corrected chi connectivity index (χ0v) is 9.07. The zero-order chi connectivity index (χ0) is 5.54. The Morgan fingerprint density at radius 2 is 2.43 bits per heavy atom. The first-order valence-corrected chi connectivity index (χ1v) is 7.79. The van der Waals surface area contributed by atoms with Gasteiger partial charge < -0.3 is 0 Å². The predicted molar refractivity (Wildman–Crippen MR) is 37.1 cm³/mol. The van der Waals surface area contributed by atoms with E-state index in [0.717, 1.165) is 0 Å². The Kier molecular flexibility index (Phi) is 7.04. The predicted octanol–water partition coefficient (Wildman–Crippen LogP) is 1.32. The minimum absolute atomic E-state index is 0.469. The van der Waals surface area contributed by atoms with Crippen molar-refractivity contribution in [2.45, 2.75) is 24.2 Å². The molecule has 0 aromatic carbocycles. The maximum absolute atomic E-state index is 3.60. The van der Waals surface area contributed by atoms with Gasteiger partial charge in [0, 0.05) is 0 Å². The van der Waals surface area contributed by atoms with Crippen LogP contribution >= 0.6 is 0 Å². The fourth-order valence-electron chi connectivity index (χ4n) is 0.500. The molecule has 0 N–H and O–H groups in total. The monoisotopic (exact) mass is 205 g/mol. The van der Waals surface area contributed by atoms with E-state index >= 15 is 0 Å². The van der Waals surface area contributed by atoms with Crippen LogP contribution in [0.3, 0.4) is 0 Å². The van der Waals surface area contributed by atoms with Crippen molar-refractivity contribution >= 4 is 21.1 Å². The van der Waals surface area contributed by atoms with Crippen molar-refractivity contribution in [3.8, 4) is 0 Å². The third-order valence-electron chi connectivity index (χ3n) is 0.957. The van der Waals surface area contributed by atoms with E-state index in [1.165, 1.54) is 17.3 Å². The molecule has 0 heterocycles. The van der Waals surface area contributed by atoms with E-state index in [-0.39, 0.29) is 0 Å². The van der Waals surface area contributed by atoms with Crippen LogP contribution in [0.5, 0.6) is 0 Å². The second kappa shape index (κ2) is 6.54. The van der Waals surface area contributed by atoms with Crippen LogP contribution in [0.15, 0.2) is 6.58 Å². The zero-order valence-electron chi connectivity index (χ0n) is 5.04. The molecule has 0 aromatic rings. The van der Waals surface area contributed by atoms with Gasteiger partial charge in [-0.25, -0.2) is 0 Å². The average molecular weight is 204 g/mol. The summed E-state index contributed by atoms with van der Waals surface area (Å²) in [6.45, 7) is 5.83.